The smallest absolute Gasteiger partial charge is 0.407 e. The first-order chi connectivity index (χ1) is 9.81. The van der Waals surface area contributed by atoms with Crippen LogP contribution < -0.4 is 5.32 Å². The fraction of sp³-hybridized carbons (Fsp3) is 0.471. The molecule has 0 bridgehead atoms. The molecule has 0 heterocycles. The van der Waals surface area contributed by atoms with Crippen LogP contribution in [0.2, 0.25) is 0 Å². The number of ether oxygens (including phenoxy) is 1. The zero-order chi connectivity index (χ0) is 15.9. The Morgan fingerprint density at radius 1 is 1.38 bits per heavy atom. The van der Waals surface area contributed by atoms with Gasteiger partial charge in [0, 0.05) is 0 Å². The number of rotatable bonds is 6. The van der Waals surface area contributed by atoms with E-state index in [1.165, 1.54) is 6.08 Å². The van der Waals surface area contributed by atoms with Crippen molar-refractivity contribution in [1.29, 1.82) is 0 Å². The van der Waals surface area contributed by atoms with Gasteiger partial charge in [-0.25, -0.2) is 4.79 Å². The van der Waals surface area contributed by atoms with E-state index in [1.54, 1.807) is 20.8 Å². The van der Waals surface area contributed by atoms with Crippen molar-refractivity contribution >= 4 is 6.09 Å². The van der Waals surface area contributed by atoms with Crippen molar-refractivity contribution in [2.45, 2.75) is 51.4 Å². The van der Waals surface area contributed by atoms with E-state index in [-0.39, 0.29) is 0 Å². The SMILES string of the molecule is [CH]=CC[C@H](O)[C@H](Cc1ccccc1)NC(=O)OC(C)(C)C. The number of aliphatic hydroxyl groups is 1. The molecule has 0 saturated carbocycles. The highest BCUT2D eigenvalue weighted by Crippen LogP contribution is 2.11. The van der Waals surface area contributed by atoms with Crippen LogP contribution in [0.15, 0.2) is 36.4 Å². The van der Waals surface area contributed by atoms with E-state index >= 15 is 0 Å². The molecule has 0 saturated heterocycles. The van der Waals surface area contributed by atoms with E-state index in [2.05, 4.69) is 5.32 Å². The predicted molar refractivity (Wildman–Crippen MR) is 82.8 cm³/mol. The van der Waals surface area contributed by atoms with Crippen LogP contribution in [0.3, 0.4) is 0 Å². The summed E-state index contributed by atoms with van der Waals surface area (Å²) in [6, 6.07) is 9.19. The second-order valence-electron chi connectivity index (χ2n) is 5.98. The summed E-state index contributed by atoms with van der Waals surface area (Å²) in [6.07, 6.45) is 0.893. The van der Waals surface area contributed by atoms with Crippen molar-refractivity contribution in [2.24, 2.45) is 0 Å². The fourth-order valence-corrected chi connectivity index (χ4v) is 1.91. The summed E-state index contributed by atoms with van der Waals surface area (Å²) in [5, 5.41) is 12.9. The van der Waals surface area contributed by atoms with Gasteiger partial charge in [-0.1, -0.05) is 43.0 Å². The maximum atomic E-state index is 11.9. The molecule has 0 aromatic heterocycles. The van der Waals surface area contributed by atoms with E-state index in [0.29, 0.717) is 12.8 Å². The molecule has 0 fully saturated rings. The second kappa shape index (κ2) is 7.84. The molecule has 21 heavy (non-hydrogen) atoms. The normalized spacial score (nSPS) is 14.1. The van der Waals surface area contributed by atoms with Crippen molar-refractivity contribution in [2.75, 3.05) is 0 Å². The number of nitrogens with one attached hydrogen (secondary N) is 1. The molecule has 1 amide bonds. The van der Waals surface area contributed by atoms with Gasteiger partial charge in [-0.05, 0) is 39.2 Å². The minimum Gasteiger partial charge on any atom is -0.444 e. The van der Waals surface area contributed by atoms with E-state index in [0.717, 1.165) is 5.56 Å². The number of alkyl carbamates (subject to hydrolysis) is 1. The average Bonchev–Trinajstić information content (AvgIpc) is 2.37. The molecular formula is C17H24NO3. The second-order valence-corrected chi connectivity index (χ2v) is 5.98. The molecule has 115 valence electrons. The third kappa shape index (κ3) is 6.95. The van der Waals surface area contributed by atoms with E-state index in [4.69, 9.17) is 11.3 Å². The van der Waals surface area contributed by atoms with E-state index in [9.17, 15) is 9.90 Å². The topological polar surface area (TPSA) is 58.6 Å². The molecule has 0 aliphatic carbocycles. The number of carbonyl (C=O) groups excluding carboxylic acids is 1. The summed E-state index contributed by atoms with van der Waals surface area (Å²) in [5.41, 5.74) is 0.446. The zero-order valence-electron chi connectivity index (χ0n) is 12.9. The van der Waals surface area contributed by atoms with Crippen molar-refractivity contribution in [3.63, 3.8) is 0 Å². The largest absolute Gasteiger partial charge is 0.444 e. The standard InChI is InChI=1S/C17H24NO3/c1-5-9-15(19)14(12-13-10-7-6-8-11-13)18-16(20)21-17(2,3)4/h1,5-8,10-11,14-15,19H,9,12H2,2-4H3,(H,18,20)/t14-,15-/m0/s1. The molecule has 2 N–H and O–H groups in total. The van der Waals surface area contributed by atoms with Gasteiger partial charge in [0.2, 0.25) is 0 Å². The number of benzene rings is 1. The molecule has 0 aliphatic rings. The van der Waals surface area contributed by atoms with Gasteiger partial charge < -0.3 is 15.2 Å². The van der Waals surface area contributed by atoms with Gasteiger partial charge >= 0.3 is 6.09 Å². The first-order valence-corrected chi connectivity index (χ1v) is 7.06. The lowest BCUT2D eigenvalue weighted by atomic mass is 9.99. The molecular weight excluding hydrogens is 266 g/mol. The quantitative estimate of drug-likeness (QED) is 0.847. The Hall–Kier alpha value is -1.81. The summed E-state index contributed by atoms with van der Waals surface area (Å²) < 4.78 is 5.23. The molecule has 1 aromatic carbocycles. The van der Waals surface area contributed by atoms with Crippen LogP contribution in [0.1, 0.15) is 32.8 Å². The highest BCUT2D eigenvalue weighted by Gasteiger charge is 2.24. The monoisotopic (exact) mass is 290 g/mol. The average molecular weight is 290 g/mol. The van der Waals surface area contributed by atoms with Gasteiger partial charge in [-0.3, -0.25) is 0 Å². The maximum absolute atomic E-state index is 11.9. The third-order valence-electron chi connectivity index (χ3n) is 2.84. The lowest BCUT2D eigenvalue weighted by molar-refractivity contribution is 0.0425. The third-order valence-corrected chi connectivity index (χ3v) is 2.84. The van der Waals surface area contributed by atoms with Gasteiger partial charge in [0.25, 0.3) is 0 Å². The maximum Gasteiger partial charge on any atom is 0.407 e. The van der Waals surface area contributed by atoms with Gasteiger partial charge in [-0.2, -0.15) is 0 Å². The van der Waals surface area contributed by atoms with Crippen molar-refractivity contribution in [1.82, 2.24) is 5.32 Å². The Kier molecular flexibility index (Phi) is 6.43. The molecule has 0 unspecified atom stereocenters. The lowest BCUT2D eigenvalue weighted by Gasteiger charge is -2.26. The summed E-state index contributed by atoms with van der Waals surface area (Å²) in [6.45, 7) is 10.7. The minimum absolute atomic E-state index is 0.299. The first-order valence-electron chi connectivity index (χ1n) is 7.06. The first kappa shape index (κ1) is 17.2. The van der Waals surface area contributed by atoms with Crippen LogP contribution in [0.5, 0.6) is 0 Å². The molecule has 4 heteroatoms. The molecule has 0 spiro atoms. The predicted octanol–water partition coefficient (Wildman–Crippen LogP) is 2.86. The number of aliphatic hydroxyl groups excluding tert-OH is 1. The number of amides is 1. The molecule has 0 aliphatic heterocycles. The van der Waals surface area contributed by atoms with Crippen LogP contribution in [-0.4, -0.2) is 28.9 Å². The molecule has 2 atom stereocenters. The van der Waals surface area contributed by atoms with Gasteiger partial charge in [0.05, 0.1) is 12.1 Å². The Balaban J connectivity index is 2.73. The Bertz CT molecular complexity index is 451. The fourth-order valence-electron chi connectivity index (χ4n) is 1.91. The van der Waals surface area contributed by atoms with Gasteiger partial charge in [0.15, 0.2) is 0 Å². The summed E-state index contributed by atoms with van der Waals surface area (Å²) >= 11 is 0. The molecule has 1 radical (unpaired) electrons. The minimum atomic E-state index is -0.761. The van der Waals surface area contributed by atoms with Crippen LogP contribution in [0.4, 0.5) is 4.79 Å². The zero-order valence-corrected chi connectivity index (χ0v) is 12.9. The Morgan fingerprint density at radius 3 is 2.52 bits per heavy atom. The summed E-state index contributed by atoms with van der Waals surface area (Å²) in [7, 11) is 0. The number of hydrogen-bond acceptors (Lipinski definition) is 3. The highest BCUT2D eigenvalue weighted by molar-refractivity contribution is 5.68. The van der Waals surface area contributed by atoms with E-state index < -0.39 is 23.8 Å². The van der Waals surface area contributed by atoms with Crippen molar-refractivity contribution in [3.8, 4) is 0 Å². The summed E-state index contributed by atoms with van der Waals surface area (Å²) in [4.78, 5) is 11.9. The van der Waals surface area contributed by atoms with Crippen LogP contribution in [-0.2, 0) is 11.2 Å². The van der Waals surface area contributed by atoms with Crippen LogP contribution in [0, 0.1) is 6.58 Å². The van der Waals surface area contributed by atoms with Crippen molar-refractivity contribution in [3.05, 3.63) is 48.6 Å². The number of carbonyl (C=O) groups is 1. The Labute approximate surface area is 126 Å². The molecule has 1 aromatic rings. The lowest BCUT2D eigenvalue weighted by Crippen LogP contribution is -2.46. The summed E-state index contributed by atoms with van der Waals surface area (Å²) in [5.74, 6) is 0. The van der Waals surface area contributed by atoms with Crippen LogP contribution in [0.25, 0.3) is 0 Å². The van der Waals surface area contributed by atoms with Crippen LogP contribution >= 0.6 is 0 Å². The Morgan fingerprint density at radius 2 is 2.00 bits per heavy atom. The van der Waals surface area contributed by atoms with Gasteiger partial charge in [0.1, 0.15) is 5.60 Å². The van der Waals surface area contributed by atoms with Gasteiger partial charge in [-0.15, -0.1) is 0 Å². The number of hydrogen-bond donors (Lipinski definition) is 2. The highest BCUT2D eigenvalue weighted by atomic mass is 16.6. The molecule has 4 nitrogen and oxygen atoms in total. The van der Waals surface area contributed by atoms with E-state index in [1.807, 2.05) is 30.3 Å². The molecule has 1 rings (SSSR count). The van der Waals surface area contributed by atoms with Crippen molar-refractivity contribution < 1.29 is 14.6 Å².